The first-order valence-electron chi connectivity index (χ1n) is 15.8. The molecule has 1 aliphatic heterocycles. The Balaban J connectivity index is 1.98. The molecule has 6 bridgehead atoms. The molecule has 0 radical (unpaired) electrons. The van der Waals surface area contributed by atoms with Gasteiger partial charge in [-0.1, -0.05) is 98.7 Å². The van der Waals surface area contributed by atoms with Crippen LogP contribution < -0.4 is 5.32 Å². The zero-order valence-electron chi connectivity index (χ0n) is 28.6. The van der Waals surface area contributed by atoms with Crippen LogP contribution in [-0.4, -0.2) is 40.2 Å². The number of hydrogen-bond acceptors (Lipinski definition) is 7. The number of aromatic hydroxyl groups is 3. The Morgan fingerprint density at radius 1 is 0.667 bits per heavy atom. The summed E-state index contributed by atoms with van der Waals surface area (Å²) in [6.07, 6.45) is 0.669. The van der Waals surface area contributed by atoms with Gasteiger partial charge in [0.05, 0.1) is 7.11 Å². The van der Waals surface area contributed by atoms with Gasteiger partial charge in [0.1, 0.15) is 22.5 Å². The van der Waals surface area contributed by atoms with Crippen LogP contribution in [0.2, 0.25) is 0 Å². The quantitative estimate of drug-likeness (QED) is 0.203. The maximum absolute atomic E-state index is 12.8. The molecule has 244 valence electrons. The molecule has 0 aliphatic carbocycles. The summed E-state index contributed by atoms with van der Waals surface area (Å²) >= 11 is 1.42. The molecule has 0 fully saturated rings. The summed E-state index contributed by atoms with van der Waals surface area (Å²) in [5, 5.41) is 37.8. The third-order valence-electron chi connectivity index (χ3n) is 8.71. The van der Waals surface area contributed by atoms with Crippen LogP contribution in [0.3, 0.4) is 0 Å². The molecule has 0 amide bonds. The Morgan fingerprint density at radius 2 is 1.02 bits per heavy atom. The standard InChI is InChI=1S/C38H51NO5S/c1-36(2,3)28-13-22-11-24-15-29(37(4,5)6)17-26(33(24)41)19-39-20-31(35(43)44-10)45-21-27-18-30(38(7,8)9)16-25(34(27)42)12-23(14-28)32(22)40/h13-18,31,39-42H,11-12,19-21H2,1-10H3/t31-/m1/s1. The van der Waals surface area contributed by atoms with E-state index in [1.54, 1.807) is 0 Å². The van der Waals surface area contributed by atoms with E-state index in [0.29, 0.717) is 31.7 Å². The molecule has 0 spiro atoms. The first kappa shape index (κ1) is 34.7. The van der Waals surface area contributed by atoms with Gasteiger partial charge in [0.2, 0.25) is 0 Å². The minimum absolute atomic E-state index is 0.173. The van der Waals surface area contributed by atoms with Gasteiger partial charge in [-0.05, 0) is 55.2 Å². The van der Waals surface area contributed by atoms with Crippen molar-refractivity contribution in [2.24, 2.45) is 0 Å². The summed E-state index contributed by atoms with van der Waals surface area (Å²) in [4.78, 5) is 12.8. The Hall–Kier alpha value is -3.16. The van der Waals surface area contributed by atoms with Gasteiger partial charge < -0.3 is 25.4 Å². The smallest absolute Gasteiger partial charge is 0.320 e. The third-order valence-corrected chi connectivity index (χ3v) is 9.95. The zero-order chi connectivity index (χ0) is 33.5. The number of nitrogens with one attached hydrogen (secondary N) is 1. The van der Waals surface area contributed by atoms with E-state index < -0.39 is 5.25 Å². The molecule has 3 aromatic carbocycles. The number of phenolic OH excluding ortho intramolecular Hbond substituents is 3. The van der Waals surface area contributed by atoms with E-state index >= 15 is 0 Å². The molecule has 1 atom stereocenters. The van der Waals surface area contributed by atoms with Crippen LogP contribution in [0.25, 0.3) is 0 Å². The van der Waals surface area contributed by atoms with Gasteiger partial charge in [-0.2, -0.15) is 0 Å². The highest BCUT2D eigenvalue weighted by Crippen LogP contribution is 2.40. The van der Waals surface area contributed by atoms with Crippen LogP contribution in [0.4, 0.5) is 0 Å². The lowest BCUT2D eigenvalue weighted by Gasteiger charge is -2.25. The fourth-order valence-corrected chi connectivity index (χ4v) is 6.71. The van der Waals surface area contributed by atoms with Gasteiger partial charge >= 0.3 is 5.97 Å². The molecular weight excluding hydrogens is 582 g/mol. The number of carbonyl (C=O) groups excluding carboxylic acids is 1. The van der Waals surface area contributed by atoms with Crippen molar-refractivity contribution in [2.45, 2.75) is 109 Å². The number of ether oxygens (including phenoxy) is 1. The summed E-state index contributed by atoms with van der Waals surface area (Å²) in [6.45, 7) is 20.0. The largest absolute Gasteiger partial charge is 0.507 e. The highest BCUT2D eigenvalue weighted by Gasteiger charge is 2.27. The van der Waals surface area contributed by atoms with Gasteiger partial charge in [-0.15, -0.1) is 11.8 Å². The molecule has 0 aromatic heterocycles. The lowest BCUT2D eigenvalue weighted by atomic mass is 9.81. The fourth-order valence-electron chi connectivity index (χ4n) is 5.64. The van der Waals surface area contributed by atoms with Crippen molar-refractivity contribution in [3.63, 3.8) is 0 Å². The van der Waals surface area contributed by atoms with Crippen molar-refractivity contribution in [1.29, 1.82) is 0 Å². The molecule has 7 heteroatoms. The van der Waals surface area contributed by atoms with Crippen molar-refractivity contribution in [2.75, 3.05) is 13.7 Å². The third kappa shape index (κ3) is 7.98. The van der Waals surface area contributed by atoms with Gasteiger partial charge in [0, 0.05) is 42.8 Å². The van der Waals surface area contributed by atoms with Crippen LogP contribution in [0.15, 0.2) is 36.4 Å². The predicted octanol–water partition coefficient (Wildman–Crippen LogP) is 7.76. The van der Waals surface area contributed by atoms with Crippen LogP contribution in [-0.2, 0) is 50.9 Å². The molecular formula is C38H51NO5S. The Labute approximate surface area is 273 Å². The number of rotatable bonds is 1. The normalized spacial score (nSPS) is 16.6. The first-order valence-corrected chi connectivity index (χ1v) is 16.8. The fraction of sp³-hybridized carbons (Fsp3) is 0.500. The van der Waals surface area contributed by atoms with Crippen LogP contribution in [0.5, 0.6) is 17.2 Å². The Kier molecular flexibility index (Phi) is 9.96. The SMILES string of the molecule is COC(=O)[C@H]1CNCc2cc(C(C)(C)C)cc(c2O)Cc2cc(C(C)(C)C)cc(c2O)Cc2cc(C(C)(C)C)cc(c2O)CS1. The van der Waals surface area contributed by atoms with Gasteiger partial charge in [-0.3, -0.25) is 4.79 Å². The van der Waals surface area contributed by atoms with E-state index in [1.807, 2.05) is 36.4 Å². The van der Waals surface area contributed by atoms with Crippen molar-refractivity contribution in [3.8, 4) is 17.2 Å². The summed E-state index contributed by atoms with van der Waals surface area (Å²) < 4.78 is 5.14. The maximum Gasteiger partial charge on any atom is 0.320 e. The van der Waals surface area contributed by atoms with Gasteiger partial charge in [-0.25, -0.2) is 0 Å². The molecule has 45 heavy (non-hydrogen) atoms. The van der Waals surface area contributed by atoms with Gasteiger partial charge in [0.15, 0.2) is 0 Å². The van der Waals surface area contributed by atoms with Crippen molar-refractivity contribution >= 4 is 17.7 Å². The number of benzene rings is 3. The lowest BCUT2D eigenvalue weighted by Crippen LogP contribution is -2.32. The molecule has 1 heterocycles. The summed E-state index contributed by atoms with van der Waals surface area (Å²) in [5.41, 5.74) is 7.05. The second kappa shape index (κ2) is 12.9. The number of hydrogen-bond donors (Lipinski definition) is 4. The highest BCUT2D eigenvalue weighted by molar-refractivity contribution is 7.99. The molecule has 1 aliphatic rings. The molecule has 0 saturated carbocycles. The highest BCUT2D eigenvalue weighted by atomic mass is 32.2. The molecule has 4 rings (SSSR count). The van der Waals surface area contributed by atoms with Crippen molar-refractivity contribution < 1.29 is 24.9 Å². The Bertz CT molecular complexity index is 1570. The second-order valence-corrected chi connectivity index (χ2v) is 16.7. The Morgan fingerprint density at radius 3 is 1.42 bits per heavy atom. The molecule has 4 N–H and O–H groups in total. The summed E-state index contributed by atoms with van der Waals surface area (Å²) in [5.74, 6) is 0.593. The van der Waals surface area contributed by atoms with Crippen molar-refractivity contribution in [1.82, 2.24) is 5.32 Å². The lowest BCUT2D eigenvalue weighted by molar-refractivity contribution is -0.139. The van der Waals surface area contributed by atoms with Gasteiger partial charge in [0.25, 0.3) is 0 Å². The number of phenols is 3. The van der Waals surface area contributed by atoms with E-state index in [-0.39, 0.29) is 39.5 Å². The number of thioether (sulfide) groups is 1. The predicted molar refractivity (Wildman–Crippen MR) is 185 cm³/mol. The minimum Gasteiger partial charge on any atom is -0.507 e. The maximum atomic E-state index is 12.8. The summed E-state index contributed by atoms with van der Waals surface area (Å²) in [6, 6.07) is 12.2. The number of fused-ring (bicyclic) bond motifs is 6. The van der Waals surface area contributed by atoms with E-state index in [4.69, 9.17) is 4.74 Å². The first-order chi connectivity index (χ1) is 20.8. The second-order valence-electron chi connectivity index (χ2n) is 15.5. The summed E-state index contributed by atoms with van der Waals surface area (Å²) in [7, 11) is 1.39. The number of esters is 1. The molecule has 6 nitrogen and oxygen atoms in total. The average Bonchev–Trinajstić information content (AvgIpc) is 2.93. The number of carbonyl (C=O) groups is 1. The molecule has 3 aromatic rings. The van der Waals surface area contributed by atoms with Crippen LogP contribution in [0, 0.1) is 0 Å². The monoisotopic (exact) mass is 633 g/mol. The molecule has 0 saturated heterocycles. The van der Waals surface area contributed by atoms with Crippen molar-refractivity contribution in [3.05, 3.63) is 86.5 Å². The van der Waals surface area contributed by atoms with Crippen LogP contribution in [0.1, 0.15) is 112 Å². The average molecular weight is 634 g/mol. The zero-order valence-corrected chi connectivity index (χ0v) is 29.5. The van der Waals surface area contributed by atoms with E-state index in [1.165, 1.54) is 18.9 Å². The van der Waals surface area contributed by atoms with E-state index in [9.17, 15) is 20.1 Å². The number of methoxy groups -OCH3 is 1. The van der Waals surface area contributed by atoms with Crippen LogP contribution >= 0.6 is 11.8 Å². The van der Waals surface area contributed by atoms with E-state index in [0.717, 1.165) is 50.1 Å². The van der Waals surface area contributed by atoms with E-state index in [2.05, 4.69) is 67.6 Å². The topological polar surface area (TPSA) is 99.0 Å². The molecule has 0 unspecified atom stereocenters. The minimum atomic E-state index is -0.521.